The van der Waals surface area contributed by atoms with Crippen molar-refractivity contribution >= 4 is 11.6 Å². The fourth-order valence-electron chi connectivity index (χ4n) is 1.84. The van der Waals surface area contributed by atoms with Crippen LogP contribution in [0.15, 0.2) is 42.6 Å². The van der Waals surface area contributed by atoms with Crippen molar-refractivity contribution in [1.29, 1.82) is 0 Å². The number of benzene rings is 1. The maximum absolute atomic E-state index is 10.9. The maximum atomic E-state index is 10.9. The Hall–Kier alpha value is -2.69. The molecule has 0 atom stereocenters. The molecule has 19 heavy (non-hydrogen) atoms. The van der Waals surface area contributed by atoms with Gasteiger partial charge in [0.25, 0.3) is 0 Å². The third-order valence-electron chi connectivity index (χ3n) is 2.89. The van der Waals surface area contributed by atoms with E-state index in [1.165, 1.54) is 17.7 Å². The highest BCUT2D eigenvalue weighted by Gasteiger charge is 2.09. The van der Waals surface area contributed by atoms with E-state index in [-0.39, 0.29) is 5.56 Å². The number of fused-ring (bicyclic) bond motifs is 1. The Labute approximate surface area is 109 Å². The highest BCUT2D eigenvalue weighted by atomic mass is 16.4. The average Bonchev–Trinajstić information content (AvgIpc) is 2.82. The second-order valence-electron chi connectivity index (χ2n) is 4.32. The van der Waals surface area contributed by atoms with E-state index in [4.69, 9.17) is 5.11 Å². The van der Waals surface area contributed by atoms with Crippen LogP contribution >= 0.6 is 0 Å². The highest BCUT2D eigenvalue weighted by Crippen LogP contribution is 2.17. The van der Waals surface area contributed by atoms with Gasteiger partial charge >= 0.3 is 5.97 Å². The number of aromatic nitrogens is 3. The standard InChI is InChI=1S/C14H11N3O2/c1-9-2-4-10(5-3-9)13-15-12-8-11(14(18)19)6-7-17(12)16-13/h2-8H,1H3,(H,18,19). The van der Waals surface area contributed by atoms with E-state index >= 15 is 0 Å². The second-order valence-corrected chi connectivity index (χ2v) is 4.32. The van der Waals surface area contributed by atoms with Gasteiger partial charge in [-0.25, -0.2) is 14.3 Å². The largest absolute Gasteiger partial charge is 0.478 e. The smallest absolute Gasteiger partial charge is 0.335 e. The van der Waals surface area contributed by atoms with E-state index in [9.17, 15) is 4.79 Å². The molecule has 0 fully saturated rings. The molecule has 0 aliphatic carbocycles. The molecular formula is C14H11N3O2. The minimum absolute atomic E-state index is 0.204. The van der Waals surface area contributed by atoms with Gasteiger partial charge in [0, 0.05) is 11.8 Å². The van der Waals surface area contributed by atoms with Gasteiger partial charge in [0.15, 0.2) is 11.5 Å². The summed E-state index contributed by atoms with van der Waals surface area (Å²) in [4.78, 5) is 15.2. The van der Waals surface area contributed by atoms with Gasteiger partial charge in [-0.05, 0) is 19.1 Å². The van der Waals surface area contributed by atoms with E-state index in [0.717, 1.165) is 5.56 Å². The summed E-state index contributed by atoms with van der Waals surface area (Å²) in [7, 11) is 0. The van der Waals surface area contributed by atoms with Gasteiger partial charge in [-0.1, -0.05) is 29.8 Å². The summed E-state index contributed by atoms with van der Waals surface area (Å²) in [6.45, 7) is 2.01. The number of aromatic carboxylic acids is 1. The van der Waals surface area contributed by atoms with Crippen molar-refractivity contribution in [3.8, 4) is 11.4 Å². The molecule has 1 N–H and O–H groups in total. The van der Waals surface area contributed by atoms with Gasteiger partial charge in [-0.15, -0.1) is 5.10 Å². The predicted molar refractivity (Wildman–Crippen MR) is 70.1 cm³/mol. The fourth-order valence-corrected chi connectivity index (χ4v) is 1.84. The van der Waals surface area contributed by atoms with E-state index in [0.29, 0.717) is 11.5 Å². The number of carboxylic acid groups (broad SMARTS) is 1. The molecule has 0 aliphatic rings. The Kier molecular flexibility index (Phi) is 2.52. The van der Waals surface area contributed by atoms with Crippen LogP contribution in [-0.2, 0) is 0 Å². The molecule has 2 aromatic heterocycles. The van der Waals surface area contributed by atoms with Crippen LogP contribution in [0.3, 0.4) is 0 Å². The number of pyridine rings is 1. The van der Waals surface area contributed by atoms with Gasteiger partial charge in [0.1, 0.15) is 0 Å². The third kappa shape index (κ3) is 2.06. The first-order chi connectivity index (χ1) is 9.13. The Morgan fingerprint density at radius 2 is 1.95 bits per heavy atom. The van der Waals surface area contributed by atoms with E-state index in [1.807, 2.05) is 31.2 Å². The molecular weight excluding hydrogens is 242 g/mol. The first-order valence-corrected chi connectivity index (χ1v) is 5.80. The van der Waals surface area contributed by atoms with Crippen LogP contribution in [0.1, 0.15) is 15.9 Å². The summed E-state index contributed by atoms with van der Waals surface area (Å²) in [6.07, 6.45) is 1.60. The molecule has 3 rings (SSSR count). The quantitative estimate of drug-likeness (QED) is 0.761. The number of rotatable bonds is 2. The third-order valence-corrected chi connectivity index (χ3v) is 2.89. The van der Waals surface area contributed by atoms with Crippen molar-refractivity contribution in [3.63, 3.8) is 0 Å². The van der Waals surface area contributed by atoms with Crippen LogP contribution in [-0.4, -0.2) is 25.7 Å². The highest BCUT2D eigenvalue weighted by molar-refractivity contribution is 5.88. The molecule has 94 valence electrons. The molecule has 0 bridgehead atoms. The molecule has 0 radical (unpaired) electrons. The Bertz CT molecular complexity index is 760. The maximum Gasteiger partial charge on any atom is 0.335 e. The molecule has 0 unspecified atom stereocenters. The molecule has 0 saturated carbocycles. The zero-order chi connectivity index (χ0) is 13.4. The lowest BCUT2D eigenvalue weighted by Gasteiger charge is -1.94. The van der Waals surface area contributed by atoms with Crippen molar-refractivity contribution < 1.29 is 9.90 Å². The number of nitrogens with zero attached hydrogens (tertiary/aromatic N) is 3. The lowest BCUT2D eigenvalue weighted by molar-refractivity contribution is 0.0697. The van der Waals surface area contributed by atoms with E-state index in [2.05, 4.69) is 10.1 Å². The summed E-state index contributed by atoms with van der Waals surface area (Å²) < 4.78 is 1.57. The second kappa shape index (κ2) is 4.20. The Morgan fingerprint density at radius 1 is 1.21 bits per heavy atom. The van der Waals surface area contributed by atoms with Crippen LogP contribution in [0.4, 0.5) is 0 Å². The SMILES string of the molecule is Cc1ccc(-c2nc3cc(C(=O)O)ccn3n2)cc1. The van der Waals surface area contributed by atoms with Gasteiger partial charge < -0.3 is 5.11 Å². The minimum Gasteiger partial charge on any atom is -0.478 e. The van der Waals surface area contributed by atoms with Crippen molar-refractivity contribution in [2.45, 2.75) is 6.92 Å². The predicted octanol–water partition coefficient (Wildman–Crippen LogP) is 2.40. The first kappa shape index (κ1) is 11.4. The van der Waals surface area contributed by atoms with Crippen molar-refractivity contribution in [2.75, 3.05) is 0 Å². The molecule has 0 spiro atoms. The number of carbonyl (C=O) groups is 1. The molecule has 0 saturated heterocycles. The molecule has 0 amide bonds. The number of hydrogen-bond acceptors (Lipinski definition) is 3. The van der Waals surface area contributed by atoms with Crippen LogP contribution in [0, 0.1) is 6.92 Å². The number of aryl methyl sites for hydroxylation is 1. The van der Waals surface area contributed by atoms with Crippen molar-refractivity contribution in [3.05, 3.63) is 53.7 Å². The zero-order valence-corrected chi connectivity index (χ0v) is 10.2. The van der Waals surface area contributed by atoms with Gasteiger partial charge in [-0.3, -0.25) is 0 Å². The molecule has 0 aliphatic heterocycles. The monoisotopic (exact) mass is 253 g/mol. The van der Waals surface area contributed by atoms with E-state index < -0.39 is 5.97 Å². The van der Waals surface area contributed by atoms with E-state index in [1.54, 1.807) is 10.7 Å². The van der Waals surface area contributed by atoms with Crippen LogP contribution < -0.4 is 0 Å². The molecule has 2 heterocycles. The molecule has 5 nitrogen and oxygen atoms in total. The van der Waals surface area contributed by atoms with Crippen molar-refractivity contribution in [1.82, 2.24) is 14.6 Å². The van der Waals surface area contributed by atoms with Crippen molar-refractivity contribution in [2.24, 2.45) is 0 Å². The normalized spacial score (nSPS) is 10.8. The summed E-state index contributed by atoms with van der Waals surface area (Å²) in [5.74, 6) is -0.384. The summed E-state index contributed by atoms with van der Waals surface area (Å²) in [6, 6.07) is 10.9. The Balaban J connectivity index is 2.11. The average molecular weight is 253 g/mol. The topological polar surface area (TPSA) is 67.5 Å². The van der Waals surface area contributed by atoms with Gasteiger partial charge in [0.2, 0.25) is 0 Å². The lowest BCUT2D eigenvalue weighted by atomic mass is 10.1. The van der Waals surface area contributed by atoms with Crippen LogP contribution in [0.25, 0.3) is 17.0 Å². The lowest BCUT2D eigenvalue weighted by Crippen LogP contribution is -1.97. The minimum atomic E-state index is -0.970. The molecule has 3 aromatic rings. The number of carboxylic acids is 1. The Morgan fingerprint density at radius 3 is 2.63 bits per heavy atom. The summed E-state index contributed by atoms with van der Waals surface area (Å²) in [5, 5.41) is 13.3. The van der Waals surface area contributed by atoms with Crippen LogP contribution in [0.2, 0.25) is 0 Å². The zero-order valence-electron chi connectivity index (χ0n) is 10.2. The summed E-state index contributed by atoms with van der Waals surface area (Å²) >= 11 is 0. The van der Waals surface area contributed by atoms with Gasteiger partial charge in [-0.2, -0.15) is 0 Å². The number of hydrogen-bond donors (Lipinski definition) is 1. The van der Waals surface area contributed by atoms with Gasteiger partial charge in [0.05, 0.1) is 5.56 Å². The molecule has 1 aromatic carbocycles. The molecule has 5 heteroatoms. The van der Waals surface area contributed by atoms with Crippen LogP contribution in [0.5, 0.6) is 0 Å². The summed E-state index contributed by atoms with van der Waals surface area (Å²) in [5.41, 5.74) is 2.80. The fraction of sp³-hybridized carbons (Fsp3) is 0.0714. The first-order valence-electron chi connectivity index (χ1n) is 5.80.